The van der Waals surface area contributed by atoms with Crippen molar-refractivity contribution in [1.29, 1.82) is 0 Å². The van der Waals surface area contributed by atoms with Gasteiger partial charge >= 0.3 is 0 Å². The number of benzene rings is 2. The van der Waals surface area contributed by atoms with E-state index in [0.29, 0.717) is 47.3 Å². The fourth-order valence-corrected chi connectivity index (χ4v) is 7.03. The number of halogens is 4. The van der Waals surface area contributed by atoms with Crippen LogP contribution in [-0.4, -0.2) is 42.3 Å². The molecule has 2 saturated heterocycles. The maximum Gasteiger partial charge on any atom is 0.298 e. The smallest absolute Gasteiger partial charge is 0.298 e. The number of hydrogen-bond donors (Lipinski definition) is 1. The van der Waals surface area contributed by atoms with E-state index in [1.165, 1.54) is 65.6 Å². The first-order valence-electron chi connectivity index (χ1n) is 12.7. The summed E-state index contributed by atoms with van der Waals surface area (Å²) in [7, 11) is -4.58. The second-order valence-electron chi connectivity index (χ2n) is 10.3. The van der Waals surface area contributed by atoms with Gasteiger partial charge in [0.1, 0.15) is 10.7 Å². The van der Waals surface area contributed by atoms with Crippen LogP contribution in [0.3, 0.4) is 0 Å². The van der Waals surface area contributed by atoms with Crippen LogP contribution in [0.2, 0.25) is 0 Å². The summed E-state index contributed by atoms with van der Waals surface area (Å²) < 4.78 is 74.7. The molecule has 1 N–H and O–H groups in total. The quantitative estimate of drug-likeness (QED) is 0.357. The number of amides is 1. The van der Waals surface area contributed by atoms with Gasteiger partial charge in [-0.1, -0.05) is 35.0 Å². The van der Waals surface area contributed by atoms with Crippen molar-refractivity contribution >= 4 is 31.9 Å². The molecule has 1 aromatic heterocycles. The van der Waals surface area contributed by atoms with Gasteiger partial charge in [0.15, 0.2) is 6.04 Å². The second-order valence-corrected chi connectivity index (χ2v) is 12.9. The molecule has 39 heavy (non-hydrogen) atoms. The molecule has 2 aliphatic heterocycles. The van der Waals surface area contributed by atoms with E-state index in [1.54, 1.807) is 0 Å². The molecule has 2 aliphatic rings. The van der Waals surface area contributed by atoms with Crippen LogP contribution in [-0.2, 0) is 20.7 Å². The molecule has 3 atom stereocenters. The molecule has 11 heteroatoms. The number of nitrogens with one attached hydrogen (secondary N) is 1. The van der Waals surface area contributed by atoms with Crippen LogP contribution in [0.15, 0.2) is 76.2 Å². The van der Waals surface area contributed by atoms with Gasteiger partial charge in [-0.15, -0.1) is 0 Å². The summed E-state index contributed by atoms with van der Waals surface area (Å²) in [5.41, 5.74) is 0.452. The molecule has 0 radical (unpaired) electrons. The van der Waals surface area contributed by atoms with Gasteiger partial charge in [-0.3, -0.25) is 9.78 Å². The van der Waals surface area contributed by atoms with Gasteiger partial charge < -0.3 is 4.90 Å². The van der Waals surface area contributed by atoms with E-state index >= 15 is 8.78 Å². The summed E-state index contributed by atoms with van der Waals surface area (Å²) in [6.07, 6.45) is 3.84. The highest BCUT2D eigenvalue weighted by molar-refractivity contribution is 9.10. The van der Waals surface area contributed by atoms with Crippen molar-refractivity contribution in [3.63, 3.8) is 0 Å². The molecule has 0 aliphatic carbocycles. The number of pyridine rings is 1. The Morgan fingerprint density at radius 3 is 2.21 bits per heavy atom. The van der Waals surface area contributed by atoms with Gasteiger partial charge in [-0.2, -0.15) is 13.5 Å². The van der Waals surface area contributed by atoms with E-state index in [2.05, 4.69) is 27.8 Å². The molecule has 3 heterocycles. The summed E-state index contributed by atoms with van der Waals surface area (Å²) in [6, 6.07) is 10.5. The highest BCUT2D eigenvalue weighted by Gasteiger charge is 2.53. The number of rotatable bonds is 7. The van der Waals surface area contributed by atoms with Gasteiger partial charge in [-0.25, -0.2) is 12.8 Å². The van der Waals surface area contributed by atoms with Gasteiger partial charge in [0.05, 0.1) is 5.69 Å². The highest BCUT2D eigenvalue weighted by Crippen LogP contribution is 2.42. The Labute approximate surface area is 233 Å². The first-order chi connectivity index (χ1) is 18.5. The lowest BCUT2D eigenvalue weighted by molar-refractivity contribution is -0.149. The lowest BCUT2D eigenvalue weighted by atomic mass is 9.91. The van der Waals surface area contributed by atoms with E-state index in [4.69, 9.17) is 0 Å². The number of sulfonamides is 1. The third kappa shape index (κ3) is 5.62. The van der Waals surface area contributed by atoms with E-state index in [0.717, 1.165) is 6.20 Å². The predicted molar refractivity (Wildman–Crippen MR) is 144 cm³/mol. The Balaban J connectivity index is 1.48. The first kappa shape index (κ1) is 27.8. The number of aromatic nitrogens is 1. The van der Waals surface area contributed by atoms with Crippen LogP contribution in [0.5, 0.6) is 0 Å². The SMILES string of the molecule is CC1CC2CCC(C1)N2C(=O)C(NS(=O)(=O)c1ccc(-c2ccc(F)cc2)nc1)C(F)(F)c1ccc(Br)cc1. The normalized spacial score (nSPS) is 22.1. The minimum Gasteiger partial charge on any atom is -0.335 e. The van der Waals surface area contributed by atoms with E-state index in [9.17, 15) is 17.6 Å². The molecule has 2 aromatic carbocycles. The Kier molecular flexibility index (Phi) is 7.60. The minimum atomic E-state index is -4.58. The number of piperidine rings is 1. The molecule has 2 bridgehead atoms. The average molecular weight is 623 g/mol. The van der Waals surface area contributed by atoms with Crippen LogP contribution >= 0.6 is 15.9 Å². The molecule has 3 aromatic rings. The third-order valence-electron chi connectivity index (χ3n) is 7.52. The first-order valence-corrected chi connectivity index (χ1v) is 14.9. The summed E-state index contributed by atoms with van der Waals surface area (Å²) in [4.78, 5) is 19.0. The Morgan fingerprint density at radius 2 is 1.64 bits per heavy atom. The lowest BCUT2D eigenvalue weighted by Crippen LogP contribution is -2.59. The molecule has 5 rings (SSSR count). The third-order valence-corrected chi connectivity index (χ3v) is 9.46. The maximum absolute atomic E-state index is 16.0. The second kappa shape index (κ2) is 10.7. The number of fused-ring (bicyclic) bond motifs is 2. The predicted octanol–water partition coefficient (Wildman–Crippen LogP) is 5.88. The number of nitrogens with zero attached hydrogens (tertiary/aromatic N) is 2. The topological polar surface area (TPSA) is 79.4 Å². The van der Waals surface area contributed by atoms with E-state index < -0.39 is 39.3 Å². The van der Waals surface area contributed by atoms with E-state index in [1.807, 2.05) is 4.72 Å². The van der Waals surface area contributed by atoms with Crippen molar-refractivity contribution in [2.45, 2.75) is 61.6 Å². The van der Waals surface area contributed by atoms with Crippen molar-refractivity contribution in [2.24, 2.45) is 5.92 Å². The number of carbonyl (C=O) groups excluding carboxylic acids is 1. The minimum absolute atomic E-state index is 0.198. The lowest BCUT2D eigenvalue weighted by Gasteiger charge is -2.41. The highest BCUT2D eigenvalue weighted by atomic mass is 79.9. The molecule has 1 amide bonds. The molecule has 3 unspecified atom stereocenters. The van der Waals surface area contributed by atoms with E-state index in [-0.39, 0.29) is 17.0 Å². The maximum atomic E-state index is 16.0. The molecule has 6 nitrogen and oxygen atoms in total. The standard InChI is InChI=1S/C28H27BrF3N3O3S/c1-17-14-22-10-11-23(15-17)35(22)27(36)26(28(31,32)19-4-6-20(29)7-5-19)34-39(37,38)24-12-13-25(33-16-24)18-2-8-21(30)9-3-18/h2-9,12-13,16-17,22-23,26,34H,10-11,14-15H2,1H3. The van der Waals surface area contributed by atoms with Crippen LogP contribution < -0.4 is 4.72 Å². The molecular weight excluding hydrogens is 595 g/mol. The van der Waals surface area contributed by atoms with Crippen LogP contribution in [0.4, 0.5) is 13.2 Å². The molecule has 0 saturated carbocycles. The number of carbonyl (C=O) groups is 1. The summed E-state index contributed by atoms with van der Waals surface area (Å²) in [5.74, 6) is -4.84. The monoisotopic (exact) mass is 621 g/mol. The van der Waals surface area contributed by atoms with Crippen LogP contribution in [0.25, 0.3) is 11.3 Å². The fourth-order valence-electron chi connectivity index (χ4n) is 5.63. The Bertz CT molecular complexity index is 1440. The summed E-state index contributed by atoms with van der Waals surface area (Å²) >= 11 is 3.22. The van der Waals surface area contributed by atoms with Crippen molar-refractivity contribution in [1.82, 2.24) is 14.6 Å². The zero-order valence-electron chi connectivity index (χ0n) is 21.0. The van der Waals surface area contributed by atoms with Crippen LogP contribution in [0, 0.1) is 11.7 Å². The Hall–Kier alpha value is -2.76. The van der Waals surface area contributed by atoms with Gasteiger partial charge in [0, 0.05) is 33.9 Å². The summed E-state index contributed by atoms with van der Waals surface area (Å²) in [5, 5.41) is 0. The summed E-state index contributed by atoms with van der Waals surface area (Å²) in [6.45, 7) is 2.08. The zero-order valence-corrected chi connectivity index (χ0v) is 23.4. The zero-order chi connectivity index (χ0) is 27.9. The van der Waals surface area contributed by atoms with Crippen LogP contribution in [0.1, 0.15) is 38.2 Å². The largest absolute Gasteiger partial charge is 0.335 e. The van der Waals surface area contributed by atoms with Gasteiger partial charge in [0.2, 0.25) is 15.9 Å². The Morgan fingerprint density at radius 1 is 1.03 bits per heavy atom. The van der Waals surface area contributed by atoms with Gasteiger partial charge in [-0.05, 0) is 80.1 Å². The molecule has 0 spiro atoms. The van der Waals surface area contributed by atoms with Crippen molar-refractivity contribution in [3.8, 4) is 11.3 Å². The fraction of sp³-hybridized carbons (Fsp3) is 0.357. The van der Waals surface area contributed by atoms with Crippen molar-refractivity contribution in [3.05, 3.63) is 82.7 Å². The average Bonchev–Trinajstić information content (AvgIpc) is 3.18. The van der Waals surface area contributed by atoms with Crippen molar-refractivity contribution < 1.29 is 26.4 Å². The molecule has 206 valence electrons. The van der Waals surface area contributed by atoms with Crippen molar-refractivity contribution in [2.75, 3.05) is 0 Å². The molecule has 2 fully saturated rings. The molecular formula is C28H27BrF3N3O3S. The number of alkyl halides is 2. The van der Waals surface area contributed by atoms with Gasteiger partial charge in [0.25, 0.3) is 5.92 Å². The number of hydrogen-bond acceptors (Lipinski definition) is 4.